The Morgan fingerprint density at radius 1 is 1.19 bits per heavy atom. The van der Waals surface area contributed by atoms with Crippen LogP contribution >= 0.6 is 0 Å². The molecule has 0 saturated carbocycles. The maximum atomic E-state index is 11.8. The Morgan fingerprint density at radius 3 is 2.62 bits per heavy atom. The molecule has 0 saturated heterocycles. The minimum atomic E-state index is -0.194. The Morgan fingerprint density at radius 2 is 1.94 bits per heavy atom. The Kier molecular flexibility index (Phi) is 2.82. The van der Waals surface area contributed by atoms with Gasteiger partial charge in [-0.15, -0.1) is 0 Å². The van der Waals surface area contributed by atoms with Crippen molar-refractivity contribution in [3.05, 3.63) is 54.4 Å². The van der Waals surface area contributed by atoms with Crippen LogP contribution in [-0.2, 0) is 0 Å². The number of hydrogen-bond donors (Lipinski definition) is 2. The van der Waals surface area contributed by atoms with Gasteiger partial charge < -0.3 is 11.1 Å². The molecule has 0 aliphatic rings. The number of nitrogens with one attached hydrogen (secondary N) is 1. The minimum absolute atomic E-state index is 0.194. The first-order valence-electron chi connectivity index (χ1n) is 4.83. The molecular formula is C12H11N3O. The molecule has 1 heterocycles. The normalized spacial score (nSPS) is 9.75. The van der Waals surface area contributed by atoms with Crippen LogP contribution in [0.15, 0.2) is 48.8 Å². The van der Waals surface area contributed by atoms with Crippen LogP contribution in [0.2, 0.25) is 0 Å². The molecule has 1 aromatic carbocycles. The Bertz CT molecular complexity index is 497. The topological polar surface area (TPSA) is 68.0 Å². The molecule has 0 fully saturated rings. The molecule has 2 aromatic rings. The highest BCUT2D eigenvalue weighted by molar-refractivity contribution is 6.05. The van der Waals surface area contributed by atoms with Gasteiger partial charge in [-0.2, -0.15) is 0 Å². The van der Waals surface area contributed by atoms with E-state index >= 15 is 0 Å². The van der Waals surface area contributed by atoms with E-state index in [4.69, 9.17) is 5.73 Å². The lowest BCUT2D eigenvalue weighted by Gasteiger charge is -2.06. The van der Waals surface area contributed by atoms with Crippen molar-refractivity contribution in [1.82, 2.24) is 4.98 Å². The predicted octanol–water partition coefficient (Wildman–Crippen LogP) is 1.92. The van der Waals surface area contributed by atoms with Crippen LogP contribution in [0.5, 0.6) is 0 Å². The summed E-state index contributed by atoms with van der Waals surface area (Å²) < 4.78 is 0. The lowest BCUT2D eigenvalue weighted by Crippen LogP contribution is -2.13. The van der Waals surface area contributed by atoms with E-state index in [-0.39, 0.29) is 5.91 Å². The van der Waals surface area contributed by atoms with E-state index in [0.717, 1.165) is 0 Å². The first-order chi connectivity index (χ1) is 7.77. The molecule has 0 radical (unpaired) electrons. The van der Waals surface area contributed by atoms with Crippen molar-refractivity contribution in [2.75, 3.05) is 11.1 Å². The predicted molar refractivity (Wildman–Crippen MR) is 63.0 cm³/mol. The van der Waals surface area contributed by atoms with Crippen LogP contribution < -0.4 is 11.1 Å². The van der Waals surface area contributed by atoms with Crippen LogP contribution in [0, 0.1) is 0 Å². The number of carbonyl (C=O) groups is 1. The Labute approximate surface area is 93.1 Å². The van der Waals surface area contributed by atoms with Crippen LogP contribution in [0.1, 0.15) is 10.4 Å². The summed E-state index contributed by atoms with van der Waals surface area (Å²) in [6, 6.07) is 10.6. The smallest absolute Gasteiger partial charge is 0.255 e. The second-order valence-corrected chi connectivity index (χ2v) is 3.28. The third-order valence-electron chi connectivity index (χ3n) is 2.14. The Hall–Kier alpha value is -2.36. The van der Waals surface area contributed by atoms with E-state index in [2.05, 4.69) is 10.3 Å². The fourth-order valence-corrected chi connectivity index (χ4v) is 1.29. The van der Waals surface area contributed by atoms with E-state index in [1.54, 1.807) is 24.4 Å². The first-order valence-corrected chi connectivity index (χ1v) is 4.83. The number of benzene rings is 1. The number of pyridine rings is 1. The minimum Gasteiger partial charge on any atom is -0.397 e. The molecule has 3 N–H and O–H groups in total. The lowest BCUT2D eigenvalue weighted by atomic mass is 10.2. The van der Waals surface area contributed by atoms with Gasteiger partial charge in [-0.1, -0.05) is 18.2 Å². The molecule has 0 atom stereocenters. The maximum Gasteiger partial charge on any atom is 0.255 e. The van der Waals surface area contributed by atoms with Crippen molar-refractivity contribution in [1.29, 1.82) is 0 Å². The second kappa shape index (κ2) is 4.44. The van der Waals surface area contributed by atoms with Crippen molar-refractivity contribution in [2.24, 2.45) is 0 Å². The van der Waals surface area contributed by atoms with Gasteiger partial charge in [-0.25, -0.2) is 0 Å². The molecule has 0 unspecified atom stereocenters. The molecular weight excluding hydrogens is 202 g/mol. The van der Waals surface area contributed by atoms with Crippen LogP contribution in [-0.4, -0.2) is 10.9 Å². The van der Waals surface area contributed by atoms with Crippen LogP contribution in [0.3, 0.4) is 0 Å². The third-order valence-corrected chi connectivity index (χ3v) is 2.14. The zero-order valence-electron chi connectivity index (χ0n) is 8.55. The monoisotopic (exact) mass is 213 g/mol. The van der Waals surface area contributed by atoms with E-state index in [9.17, 15) is 4.79 Å². The van der Waals surface area contributed by atoms with E-state index in [0.29, 0.717) is 16.9 Å². The van der Waals surface area contributed by atoms with Gasteiger partial charge in [0.1, 0.15) is 0 Å². The van der Waals surface area contributed by atoms with Gasteiger partial charge in [-0.3, -0.25) is 9.78 Å². The number of nitrogens with two attached hydrogens (primary N) is 1. The maximum absolute atomic E-state index is 11.8. The number of rotatable bonds is 2. The summed E-state index contributed by atoms with van der Waals surface area (Å²) in [5.74, 6) is -0.194. The summed E-state index contributed by atoms with van der Waals surface area (Å²) >= 11 is 0. The fourth-order valence-electron chi connectivity index (χ4n) is 1.29. The number of amides is 1. The summed E-state index contributed by atoms with van der Waals surface area (Å²) in [7, 11) is 0. The van der Waals surface area contributed by atoms with Gasteiger partial charge in [0.15, 0.2) is 0 Å². The molecule has 2 rings (SSSR count). The van der Waals surface area contributed by atoms with Gasteiger partial charge in [0, 0.05) is 11.8 Å². The molecule has 0 aliphatic carbocycles. The van der Waals surface area contributed by atoms with E-state index in [1.165, 1.54) is 6.20 Å². The molecule has 1 aromatic heterocycles. The summed E-state index contributed by atoms with van der Waals surface area (Å²) in [5.41, 5.74) is 7.30. The van der Waals surface area contributed by atoms with Crippen LogP contribution in [0.25, 0.3) is 0 Å². The summed E-state index contributed by atoms with van der Waals surface area (Å²) in [4.78, 5) is 15.7. The van der Waals surface area contributed by atoms with Crippen molar-refractivity contribution in [3.8, 4) is 0 Å². The van der Waals surface area contributed by atoms with Gasteiger partial charge >= 0.3 is 0 Å². The zero-order valence-corrected chi connectivity index (χ0v) is 8.55. The second-order valence-electron chi connectivity index (χ2n) is 3.28. The number of hydrogen-bond acceptors (Lipinski definition) is 3. The van der Waals surface area contributed by atoms with Gasteiger partial charge in [0.2, 0.25) is 0 Å². The van der Waals surface area contributed by atoms with E-state index in [1.807, 2.05) is 18.2 Å². The highest BCUT2D eigenvalue weighted by Gasteiger charge is 2.06. The number of aromatic nitrogens is 1. The van der Waals surface area contributed by atoms with Crippen molar-refractivity contribution >= 4 is 17.3 Å². The molecule has 4 heteroatoms. The summed E-state index contributed by atoms with van der Waals surface area (Å²) in [6.45, 7) is 0. The largest absolute Gasteiger partial charge is 0.397 e. The molecule has 1 amide bonds. The lowest BCUT2D eigenvalue weighted by molar-refractivity contribution is 0.102. The molecule has 4 nitrogen and oxygen atoms in total. The van der Waals surface area contributed by atoms with Crippen LogP contribution in [0.4, 0.5) is 11.4 Å². The molecule has 0 spiro atoms. The van der Waals surface area contributed by atoms with E-state index < -0.39 is 0 Å². The summed E-state index contributed by atoms with van der Waals surface area (Å²) in [6.07, 6.45) is 3.10. The molecule has 16 heavy (non-hydrogen) atoms. The van der Waals surface area contributed by atoms with Crippen molar-refractivity contribution in [2.45, 2.75) is 0 Å². The third kappa shape index (κ3) is 2.17. The average Bonchev–Trinajstić information content (AvgIpc) is 2.33. The zero-order chi connectivity index (χ0) is 11.4. The fraction of sp³-hybridized carbons (Fsp3) is 0. The molecule has 80 valence electrons. The average molecular weight is 213 g/mol. The number of carbonyl (C=O) groups excluding carboxylic acids is 1. The number of nitrogen functional groups attached to an aromatic ring is 1. The molecule has 0 bridgehead atoms. The molecule has 0 aliphatic heterocycles. The quantitative estimate of drug-likeness (QED) is 0.800. The van der Waals surface area contributed by atoms with Gasteiger partial charge in [0.05, 0.1) is 17.6 Å². The number of nitrogens with zero attached hydrogens (tertiary/aromatic N) is 1. The first kappa shape index (κ1) is 10.2. The van der Waals surface area contributed by atoms with Crippen molar-refractivity contribution < 1.29 is 4.79 Å². The van der Waals surface area contributed by atoms with Gasteiger partial charge in [0.25, 0.3) is 5.91 Å². The number of anilines is 2. The highest BCUT2D eigenvalue weighted by Crippen LogP contribution is 2.16. The highest BCUT2D eigenvalue weighted by atomic mass is 16.1. The van der Waals surface area contributed by atoms with Gasteiger partial charge in [-0.05, 0) is 18.2 Å². The van der Waals surface area contributed by atoms with Crippen molar-refractivity contribution in [3.63, 3.8) is 0 Å². The Balaban J connectivity index is 2.18. The summed E-state index contributed by atoms with van der Waals surface area (Å²) in [5, 5.41) is 2.70. The SMILES string of the molecule is Nc1ccncc1NC(=O)c1ccccc1. The standard InChI is InChI=1S/C12H11N3O/c13-10-6-7-14-8-11(10)15-12(16)9-4-2-1-3-5-9/h1-8H,(H2,13,14)(H,15,16).